The third kappa shape index (κ3) is 7.17. The Hall–Kier alpha value is -1.39. The van der Waals surface area contributed by atoms with Crippen LogP contribution in [0.3, 0.4) is 0 Å². The summed E-state index contributed by atoms with van der Waals surface area (Å²) in [4.78, 5) is 17.0. The van der Waals surface area contributed by atoms with Crippen LogP contribution < -0.4 is 5.32 Å². The molecule has 1 fully saturated rings. The lowest BCUT2D eigenvalue weighted by molar-refractivity contribution is -0.122. The minimum absolute atomic E-state index is 0.141. The summed E-state index contributed by atoms with van der Waals surface area (Å²) in [6, 6.07) is 8.22. The van der Waals surface area contributed by atoms with Crippen molar-refractivity contribution in [3.63, 3.8) is 0 Å². The molecule has 1 aliphatic heterocycles. The third-order valence-corrected chi connectivity index (χ3v) is 5.27. The minimum Gasteiger partial charge on any atom is -0.351 e. The molecule has 4 heteroatoms. The summed E-state index contributed by atoms with van der Waals surface area (Å²) in [7, 11) is 2.24. The van der Waals surface area contributed by atoms with E-state index in [4.69, 9.17) is 0 Å². The van der Waals surface area contributed by atoms with E-state index in [1.54, 1.807) is 0 Å². The van der Waals surface area contributed by atoms with Crippen molar-refractivity contribution in [1.29, 1.82) is 0 Å². The van der Waals surface area contributed by atoms with Gasteiger partial charge in [-0.15, -0.1) is 0 Å². The number of likely N-dealkylation sites (tertiary alicyclic amines) is 1. The average Bonchev–Trinajstić information content (AvgIpc) is 2.61. The van der Waals surface area contributed by atoms with Crippen molar-refractivity contribution >= 4 is 5.91 Å². The molecule has 1 aromatic rings. The first kappa shape index (κ1) is 19.9. The van der Waals surface area contributed by atoms with Crippen LogP contribution in [-0.2, 0) is 11.3 Å². The molecule has 1 amide bonds. The van der Waals surface area contributed by atoms with Crippen molar-refractivity contribution in [1.82, 2.24) is 15.1 Å². The fraction of sp³-hybridized carbons (Fsp3) is 0.667. The van der Waals surface area contributed by atoms with Crippen LogP contribution in [0.2, 0.25) is 0 Å². The fourth-order valence-electron chi connectivity index (χ4n) is 3.55. The number of nitrogens with one attached hydrogen (secondary N) is 1. The topological polar surface area (TPSA) is 35.6 Å². The van der Waals surface area contributed by atoms with E-state index in [1.807, 2.05) is 12.1 Å². The molecule has 1 saturated heterocycles. The molecule has 0 spiro atoms. The molecule has 0 bridgehead atoms. The summed E-state index contributed by atoms with van der Waals surface area (Å²) in [6.45, 7) is 9.99. The maximum atomic E-state index is 12.2. The van der Waals surface area contributed by atoms with Gasteiger partial charge in [-0.1, -0.05) is 37.6 Å². The molecule has 0 atom stereocenters. The lowest BCUT2D eigenvalue weighted by Crippen LogP contribution is -2.43. The van der Waals surface area contributed by atoms with Crippen LogP contribution in [0.1, 0.15) is 43.7 Å². The highest BCUT2D eigenvalue weighted by molar-refractivity contribution is 5.78. The van der Waals surface area contributed by atoms with Crippen molar-refractivity contribution in [3.8, 4) is 0 Å². The van der Waals surface area contributed by atoms with Crippen molar-refractivity contribution in [2.45, 2.75) is 46.1 Å². The van der Waals surface area contributed by atoms with E-state index in [2.05, 4.69) is 48.1 Å². The number of hydrogen-bond acceptors (Lipinski definition) is 3. The van der Waals surface area contributed by atoms with E-state index in [9.17, 15) is 4.79 Å². The second-order valence-electron chi connectivity index (χ2n) is 7.54. The van der Waals surface area contributed by atoms with Crippen molar-refractivity contribution in [3.05, 3.63) is 35.4 Å². The summed E-state index contributed by atoms with van der Waals surface area (Å²) < 4.78 is 0. The van der Waals surface area contributed by atoms with Crippen LogP contribution in [-0.4, -0.2) is 55.5 Å². The van der Waals surface area contributed by atoms with Crippen LogP contribution in [0, 0.1) is 12.8 Å². The molecule has 1 N–H and O–H groups in total. The maximum Gasteiger partial charge on any atom is 0.234 e. The Morgan fingerprint density at radius 3 is 2.68 bits per heavy atom. The SMILES string of the molecule is CCCCN(C)CC1CCN(CC(=O)NCc2ccccc2C)CC1. The molecule has 1 aromatic carbocycles. The van der Waals surface area contributed by atoms with Crippen LogP contribution in [0.15, 0.2) is 24.3 Å². The average molecular weight is 346 g/mol. The third-order valence-electron chi connectivity index (χ3n) is 5.27. The number of unbranched alkanes of at least 4 members (excludes halogenated alkanes) is 1. The van der Waals surface area contributed by atoms with E-state index in [0.29, 0.717) is 13.1 Å². The number of rotatable bonds is 9. The quantitative estimate of drug-likeness (QED) is 0.747. The highest BCUT2D eigenvalue weighted by Gasteiger charge is 2.21. The number of nitrogens with zero attached hydrogens (tertiary/aromatic N) is 2. The summed E-state index contributed by atoms with van der Waals surface area (Å²) in [5.74, 6) is 0.926. The largest absolute Gasteiger partial charge is 0.351 e. The maximum absolute atomic E-state index is 12.2. The van der Waals surface area contributed by atoms with Gasteiger partial charge in [0.1, 0.15) is 0 Å². The van der Waals surface area contributed by atoms with E-state index in [0.717, 1.165) is 19.0 Å². The Bertz CT molecular complexity index is 524. The predicted octanol–water partition coefficient (Wildman–Crippen LogP) is 3.06. The van der Waals surface area contributed by atoms with Crippen molar-refractivity contribution in [2.24, 2.45) is 5.92 Å². The second kappa shape index (κ2) is 10.6. The van der Waals surface area contributed by atoms with Crippen LogP contribution in [0.5, 0.6) is 0 Å². The van der Waals surface area contributed by atoms with Crippen LogP contribution in [0.25, 0.3) is 0 Å². The monoisotopic (exact) mass is 345 g/mol. The van der Waals surface area contributed by atoms with E-state index >= 15 is 0 Å². The van der Waals surface area contributed by atoms with Gasteiger partial charge >= 0.3 is 0 Å². The van der Waals surface area contributed by atoms with Crippen molar-refractivity contribution < 1.29 is 4.79 Å². The fourth-order valence-corrected chi connectivity index (χ4v) is 3.55. The highest BCUT2D eigenvalue weighted by Crippen LogP contribution is 2.18. The second-order valence-corrected chi connectivity index (χ2v) is 7.54. The Morgan fingerprint density at radius 1 is 1.28 bits per heavy atom. The Balaban J connectivity index is 1.64. The minimum atomic E-state index is 0.141. The first-order valence-corrected chi connectivity index (χ1v) is 9.80. The predicted molar refractivity (Wildman–Crippen MR) is 105 cm³/mol. The summed E-state index contributed by atoms with van der Waals surface area (Å²) in [5.41, 5.74) is 2.43. The molecule has 2 rings (SSSR count). The normalized spacial score (nSPS) is 16.3. The molecule has 0 aliphatic carbocycles. The molecule has 1 aliphatic rings. The lowest BCUT2D eigenvalue weighted by Gasteiger charge is -2.33. The van der Waals surface area contributed by atoms with Gasteiger partial charge in [0.05, 0.1) is 6.54 Å². The summed E-state index contributed by atoms with van der Waals surface area (Å²) in [6.07, 6.45) is 4.97. The van der Waals surface area contributed by atoms with Gasteiger partial charge in [0.25, 0.3) is 0 Å². The Kier molecular flexibility index (Phi) is 8.42. The molecule has 25 heavy (non-hydrogen) atoms. The zero-order chi connectivity index (χ0) is 18.1. The van der Waals surface area contributed by atoms with Crippen LogP contribution >= 0.6 is 0 Å². The van der Waals surface area contributed by atoms with Gasteiger partial charge < -0.3 is 10.2 Å². The van der Waals surface area contributed by atoms with Gasteiger partial charge in [-0.3, -0.25) is 9.69 Å². The van der Waals surface area contributed by atoms with Gasteiger partial charge in [-0.05, 0) is 69.9 Å². The Labute approximate surface area is 153 Å². The van der Waals surface area contributed by atoms with E-state index in [-0.39, 0.29) is 5.91 Å². The van der Waals surface area contributed by atoms with Gasteiger partial charge in [0.15, 0.2) is 0 Å². The van der Waals surface area contributed by atoms with E-state index < -0.39 is 0 Å². The van der Waals surface area contributed by atoms with E-state index in [1.165, 1.54) is 49.9 Å². The molecule has 0 aromatic heterocycles. The summed E-state index contributed by atoms with van der Waals surface area (Å²) in [5, 5.41) is 3.06. The Morgan fingerprint density at radius 2 is 2.00 bits per heavy atom. The van der Waals surface area contributed by atoms with Crippen molar-refractivity contribution in [2.75, 3.05) is 39.8 Å². The molecule has 0 radical (unpaired) electrons. The van der Waals surface area contributed by atoms with Gasteiger partial charge in [0.2, 0.25) is 5.91 Å². The molecule has 140 valence electrons. The zero-order valence-electron chi connectivity index (χ0n) is 16.3. The molecular weight excluding hydrogens is 310 g/mol. The number of benzene rings is 1. The number of carbonyl (C=O) groups excluding carboxylic acids is 1. The molecular formula is C21H35N3O. The lowest BCUT2D eigenvalue weighted by atomic mass is 9.96. The van der Waals surface area contributed by atoms with Gasteiger partial charge in [-0.2, -0.15) is 0 Å². The highest BCUT2D eigenvalue weighted by atomic mass is 16.2. The zero-order valence-corrected chi connectivity index (χ0v) is 16.3. The number of aryl methyl sites for hydroxylation is 1. The number of hydrogen-bond donors (Lipinski definition) is 1. The molecule has 4 nitrogen and oxygen atoms in total. The molecule has 0 unspecified atom stereocenters. The van der Waals surface area contributed by atoms with Gasteiger partial charge in [-0.25, -0.2) is 0 Å². The van der Waals surface area contributed by atoms with Gasteiger partial charge in [0, 0.05) is 13.1 Å². The number of piperidine rings is 1. The smallest absolute Gasteiger partial charge is 0.234 e. The molecule has 1 heterocycles. The summed E-state index contributed by atoms with van der Waals surface area (Å²) >= 11 is 0. The first-order valence-electron chi connectivity index (χ1n) is 9.80. The number of amides is 1. The molecule has 0 saturated carbocycles. The number of carbonyl (C=O) groups is 1. The van der Waals surface area contributed by atoms with Crippen LogP contribution in [0.4, 0.5) is 0 Å². The first-order chi connectivity index (χ1) is 12.1. The standard InChI is InChI=1S/C21H35N3O/c1-4-5-12-23(3)16-19-10-13-24(14-11-19)17-21(25)22-15-20-9-7-6-8-18(20)2/h6-9,19H,4-5,10-17H2,1-3H3,(H,22,25).